The van der Waals surface area contributed by atoms with Crippen LogP contribution < -0.4 is 10.6 Å². The Morgan fingerprint density at radius 3 is 2.81 bits per heavy atom. The molecule has 2 N–H and O–H groups in total. The van der Waals surface area contributed by atoms with Gasteiger partial charge in [0.05, 0.1) is 6.04 Å². The van der Waals surface area contributed by atoms with E-state index in [4.69, 9.17) is 0 Å². The van der Waals surface area contributed by atoms with E-state index in [9.17, 15) is 4.79 Å². The van der Waals surface area contributed by atoms with Crippen LogP contribution >= 0.6 is 11.8 Å². The molecule has 1 saturated carbocycles. The highest BCUT2D eigenvalue weighted by Gasteiger charge is 2.34. The summed E-state index contributed by atoms with van der Waals surface area (Å²) < 4.78 is 0. The molecule has 0 radical (unpaired) electrons. The Hall–Kier alpha value is -0.260. The normalized spacial score (nSPS) is 34.2. The largest absolute Gasteiger partial charge is 0.353 e. The Kier molecular flexibility index (Phi) is 5.83. The van der Waals surface area contributed by atoms with Crippen LogP contribution in [0.1, 0.15) is 38.5 Å². The minimum absolute atomic E-state index is 0.0567. The van der Waals surface area contributed by atoms with E-state index < -0.39 is 0 Å². The molecule has 4 nitrogen and oxygen atoms in total. The molecule has 2 aliphatic heterocycles. The summed E-state index contributed by atoms with van der Waals surface area (Å²) in [6.07, 6.45) is 7.59. The first-order chi connectivity index (χ1) is 10.3. The van der Waals surface area contributed by atoms with Gasteiger partial charge in [0.1, 0.15) is 0 Å². The van der Waals surface area contributed by atoms with E-state index in [1.165, 1.54) is 56.7 Å². The number of rotatable bonds is 4. The lowest BCUT2D eigenvalue weighted by atomic mass is 9.77. The zero-order chi connectivity index (χ0) is 14.5. The summed E-state index contributed by atoms with van der Waals surface area (Å²) >= 11 is 2.03. The molecule has 1 amide bonds. The van der Waals surface area contributed by atoms with E-state index in [0.29, 0.717) is 6.04 Å². The molecule has 0 spiro atoms. The van der Waals surface area contributed by atoms with Gasteiger partial charge >= 0.3 is 0 Å². The van der Waals surface area contributed by atoms with Gasteiger partial charge in [0.15, 0.2) is 0 Å². The maximum absolute atomic E-state index is 12.3. The fourth-order valence-electron chi connectivity index (χ4n) is 3.99. The minimum Gasteiger partial charge on any atom is -0.353 e. The zero-order valence-corrected chi connectivity index (χ0v) is 13.8. The van der Waals surface area contributed by atoms with Gasteiger partial charge in [-0.1, -0.05) is 12.8 Å². The van der Waals surface area contributed by atoms with E-state index in [2.05, 4.69) is 15.5 Å². The quantitative estimate of drug-likeness (QED) is 0.825. The molecule has 3 aliphatic rings. The molecule has 21 heavy (non-hydrogen) atoms. The fourth-order valence-corrected chi connectivity index (χ4v) is 4.97. The summed E-state index contributed by atoms with van der Waals surface area (Å²) in [5, 5.41) is 6.76. The third-order valence-electron chi connectivity index (χ3n) is 5.30. The molecule has 1 aliphatic carbocycles. The third kappa shape index (κ3) is 4.36. The highest BCUT2D eigenvalue weighted by molar-refractivity contribution is 7.99. The molecule has 0 aromatic carbocycles. The van der Waals surface area contributed by atoms with Crippen LogP contribution in [0, 0.1) is 5.92 Å². The van der Waals surface area contributed by atoms with Gasteiger partial charge in [-0.3, -0.25) is 9.69 Å². The number of nitrogens with one attached hydrogen (secondary N) is 2. The summed E-state index contributed by atoms with van der Waals surface area (Å²) in [4.78, 5) is 14.8. The number of carbonyl (C=O) groups is 1. The summed E-state index contributed by atoms with van der Waals surface area (Å²) in [5.41, 5.74) is 0. The van der Waals surface area contributed by atoms with Crippen LogP contribution in [0.5, 0.6) is 0 Å². The molecule has 3 rings (SSSR count). The van der Waals surface area contributed by atoms with E-state index in [1.807, 2.05) is 11.8 Å². The highest BCUT2D eigenvalue weighted by Crippen LogP contribution is 2.32. The number of nitrogens with zero attached hydrogens (tertiary/aromatic N) is 1. The summed E-state index contributed by atoms with van der Waals surface area (Å²) in [6, 6.07) is 0.656. The average molecular weight is 311 g/mol. The van der Waals surface area contributed by atoms with Crippen LogP contribution in [0.3, 0.4) is 0 Å². The van der Waals surface area contributed by atoms with E-state index in [0.717, 1.165) is 25.4 Å². The Bertz CT molecular complexity index is 346. The van der Waals surface area contributed by atoms with Gasteiger partial charge in [-0.2, -0.15) is 11.8 Å². The molecule has 2 saturated heterocycles. The van der Waals surface area contributed by atoms with Crippen LogP contribution in [-0.2, 0) is 4.79 Å². The third-order valence-corrected chi connectivity index (χ3v) is 6.24. The van der Waals surface area contributed by atoms with Crippen molar-refractivity contribution in [2.75, 3.05) is 37.7 Å². The van der Waals surface area contributed by atoms with Crippen molar-refractivity contribution in [2.45, 2.75) is 50.6 Å². The number of thioether (sulfide) groups is 1. The highest BCUT2D eigenvalue weighted by atomic mass is 32.2. The van der Waals surface area contributed by atoms with Gasteiger partial charge in [-0.15, -0.1) is 0 Å². The SMILES string of the molecule is O=C(NCCN1CCSCC1)C1CCC2CCCCC2N1. The second kappa shape index (κ2) is 7.84. The number of amides is 1. The molecule has 3 fully saturated rings. The summed E-state index contributed by atoms with van der Waals surface area (Å²) in [7, 11) is 0. The lowest BCUT2D eigenvalue weighted by molar-refractivity contribution is -0.124. The molecule has 5 heteroatoms. The van der Waals surface area contributed by atoms with Gasteiger partial charge in [0.25, 0.3) is 0 Å². The predicted molar refractivity (Wildman–Crippen MR) is 88.7 cm³/mol. The molecule has 2 heterocycles. The predicted octanol–water partition coefficient (Wildman–Crippen LogP) is 1.46. The summed E-state index contributed by atoms with van der Waals surface area (Å²) in [6.45, 7) is 4.15. The van der Waals surface area contributed by atoms with Crippen molar-refractivity contribution in [3.8, 4) is 0 Å². The van der Waals surface area contributed by atoms with E-state index in [1.54, 1.807) is 0 Å². The lowest BCUT2D eigenvalue weighted by Gasteiger charge is -2.40. The molecule has 0 bridgehead atoms. The number of hydrogen-bond acceptors (Lipinski definition) is 4. The van der Waals surface area contributed by atoms with Crippen molar-refractivity contribution in [1.82, 2.24) is 15.5 Å². The zero-order valence-electron chi connectivity index (χ0n) is 13.0. The monoisotopic (exact) mass is 311 g/mol. The lowest BCUT2D eigenvalue weighted by Crippen LogP contribution is -2.55. The molecular weight excluding hydrogens is 282 g/mol. The Morgan fingerprint density at radius 2 is 1.95 bits per heavy atom. The molecule has 120 valence electrons. The molecule has 0 aromatic rings. The molecule has 3 atom stereocenters. The second-order valence-corrected chi connectivity index (χ2v) is 7.92. The molecule has 0 aromatic heterocycles. The standard InChI is InChI=1S/C16H29N3OS/c20-16(17-7-8-19-9-11-21-12-10-19)15-6-5-13-3-1-2-4-14(13)18-15/h13-15,18H,1-12H2,(H,17,20). The number of carbonyl (C=O) groups excluding carboxylic acids is 1. The van der Waals surface area contributed by atoms with E-state index in [-0.39, 0.29) is 11.9 Å². The van der Waals surface area contributed by atoms with Crippen molar-refractivity contribution in [2.24, 2.45) is 5.92 Å². The first-order valence-corrected chi connectivity index (χ1v) is 9.82. The molecule has 3 unspecified atom stereocenters. The minimum atomic E-state index is 0.0567. The Labute approximate surface area is 132 Å². The number of piperidine rings is 1. The maximum atomic E-state index is 12.3. The van der Waals surface area contributed by atoms with Crippen molar-refractivity contribution in [1.29, 1.82) is 0 Å². The molecular formula is C16H29N3OS. The van der Waals surface area contributed by atoms with Gasteiger partial charge in [-0.05, 0) is 31.6 Å². The van der Waals surface area contributed by atoms with Crippen LogP contribution in [0.25, 0.3) is 0 Å². The van der Waals surface area contributed by atoms with Crippen molar-refractivity contribution < 1.29 is 4.79 Å². The van der Waals surface area contributed by atoms with Gasteiger partial charge in [-0.25, -0.2) is 0 Å². The van der Waals surface area contributed by atoms with Crippen molar-refractivity contribution >= 4 is 17.7 Å². The smallest absolute Gasteiger partial charge is 0.237 e. The van der Waals surface area contributed by atoms with Crippen LogP contribution in [0.2, 0.25) is 0 Å². The maximum Gasteiger partial charge on any atom is 0.237 e. The van der Waals surface area contributed by atoms with Crippen molar-refractivity contribution in [3.05, 3.63) is 0 Å². The first kappa shape index (κ1) is 15.6. The van der Waals surface area contributed by atoms with Gasteiger partial charge < -0.3 is 10.6 Å². The van der Waals surface area contributed by atoms with Crippen LogP contribution in [0.15, 0.2) is 0 Å². The average Bonchev–Trinajstić information content (AvgIpc) is 2.55. The first-order valence-electron chi connectivity index (χ1n) is 8.67. The Balaban J connectivity index is 1.37. The topological polar surface area (TPSA) is 44.4 Å². The van der Waals surface area contributed by atoms with Crippen LogP contribution in [-0.4, -0.2) is 60.6 Å². The Morgan fingerprint density at radius 1 is 1.14 bits per heavy atom. The van der Waals surface area contributed by atoms with Crippen LogP contribution in [0.4, 0.5) is 0 Å². The van der Waals surface area contributed by atoms with Crippen molar-refractivity contribution in [3.63, 3.8) is 0 Å². The van der Waals surface area contributed by atoms with Gasteiger partial charge in [0.2, 0.25) is 5.91 Å². The van der Waals surface area contributed by atoms with E-state index >= 15 is 0 Å². The number of fused-ring (bicyclic) bond motifs is 1. The fraction of sp³-hybridized carbons (Fsp3) is 0.938. The van der Waals surface area contributed by atoms with Gasteiger partial charge in [0, 0.05) is 43.7 Å². The number of hydrogen-bond donors (Lipinski definition) is 2. The summed E-state index contributed by atoms with van der Waals surface area (Å²) in [5.74, 6) is 3.53. The second-order valence-electron chi connectivity index (χ2n) is 6.69.